The fraction of sp³-hybridized carbons (Fsp3) is 0.150. The van der Waals surface area contributed by atoms with Gasteiger partial charge >= 0.3 is 0 Å². The minimum absolute atomic E-state index is 0.00474. The summed E-state index contributed by atoms with van der Waals surface area (Å²) in [6.45, 7) is 1.71. The van der Waals surface area contributed by atoms with Gasteiger partial charge in [-0.15, -0.1) is 0 Å². The summed E-state index contributed by atoms with van der Waals surface area (Å²) < 4.78 is 81.0. The van der Waals surface area contributed by atoms with Crippen molar-refractivity contribution in [2.45, 2.75) is 29.2 Å². The lowest BCUT2D eigenvalue weighted by Gasteiger charge is -2.38. The number of benzene rings is 2. The Morgan fingerprint density at radius 3 is 2.06 bits per heavy atom. The van der Waals surface area contributed by atoms with Gasteiger partial charge in [0.2, 0.25) is 10.0 Å². The number of sulfonamides is 2. The van der Waals surface area contributed by atoms with E-state index in [2.05, 4.69) is 0 Å². The Balaban J connectivity index is 1.98. The molecule has 1 aliphatic rings. The SMILES string of the molecule is CC[C@H]1c2ccc(C#N)n2-c2cc(F)c(F)cc2N1S(=O)(=O)c1ccc(S(N)(=O)=O)cc1. The first-order chi connectivity index (χ1) is 15.0. The van der Waals surface area contributed by atoms with Crippen molar-refractivity contribution >= 4 is 25.7 Å². The van der Waals surface area contributed by atoms with Crippen LogP contribution >= 0.6 is 0 Å². The van der Waals surface area contributed by atoms with Crippen molar-refractivity contribution in [2.24, 2.45) is 5.14 Å². The molecule has 0 radical (unpaired) electrons. The van der Waals surface area contributed by atoms with Gasteiger partial charge in [-0.1, -0.05) is 6.92 Å². The van der Waals surface area contributed by atoms with Crippen molar-refractivity contribution in [3.8, 4) is 11.8 Å². The van der Waals surface area contributed by atoms with Gasteiger partial charge in [-0.25, -0.2) is 30.8 Å². The highest BCUT2D eigenvalue weighted by molar-refractivity contribution is 7.93. The number of nitriles is 1. The number of hydrogen-bond acceptors (Lipinski definition) is 5. The first-order valence-corrected chi connectivity index (χ1v) is 12.3. The van der Waals surface area contributed by atoms with Crippen LogP contribution in [0.1, 0.15) is 30.8 Å². The molecule has 1 aromatic heterocycles. The predicted octanol–water partition coefficient (Wildman–Crippen LogP) is 2.93. The van der Waals surface area contributed by atoms with E-state index in [1.165, 1.54) is 10.6 Å². The van der Waals surface area contributed by atoms with E-state index in [9.17, 15) is 30.9 Å². The number of fused-ring (bicyclic) bond motifs is 3. The summed E-state index contributed by atoms with van der Waals surface area (Å²) in [6, 6.07) is 10.0. The van der Waals surface area contributed by atoms with Gasteiger partial charge in [0.05, 0.1) is 27.2 Å². The minimum Gasteiger partial charge on any atom is -0.301 e. The van der Waals surface area contributed by atoms with Gasteiger partial charge in [0, 0.05) is 17.8 Å². The highest BCUT2D eigenvalue weighted by Gasteiger charge is 2.40. The molecule has 4 rings (SSSR count). The number of anilines is 1. The fourth-order valence-corrected chi connectivity index (χ4v) is 6.04. The number of halogens is 2. The van der Waals surface area contributed by atoms with E-state index in [4.69, 9.17) is 5.14 Å². The molecule has 12 heteroatoms. The number of primary sulfonamides is 1. The Labute approximate surface area is 183 Å². The van der Waals surface area contributed by atoms with Crippen LogP contribution in [0.25, 0.3) is 5.69 Å². The van der Waals surface area contributed by atoms with Crippen LogP contribution in [0.5, 0.6) is 0 Å². The van der Waals surface area contributed by atoms with Gasteiger partial charge in [-0.3, -0.25) is 4.31 Å². The molecule has 0 saturated carbocycles. The molecule has 2 N–H and O–H groups in total. The largest absolute Gasteiger partial charge is 0.301 e. The topological polar surface area (TPSA) is 126 Å². The monoisotopic (exact) mass is 478 g/mol. The van der Waals surface area contributed by atoms with E-state index in [0.29, 0.717) is 5.69 Å². The van der Waals surface area contributed by atoms with Gasteiger partial charge in [0.25, 0.3) is 10.0 Å². The molecule has 32 heavy (non-hydrogen) atoms. The van der Waals surface area contributed by atoms with Crippen molar-refractivity contribution in [3.05, 3.63) is 71.6 Å². The molecule has 0 fully saturated rings. The molecule has 2 heterocycles. The zero-order valence-corrected chi connectivity index (χ0v) is 18.2. The van der Waals surface area contributed by atoms with Crippen LogP contribution in [0.3, 0.4) is 0 Å². The summed E-state index contributed by atoms with van der Waals surface area (Å²) in [7, 11) is -8.39. The number of nitrogens with two attached hydrogens (primary N) is 1. The third-order valence-corrected chi connectivity index (χ3v) is 8.01. The van der Waals surface area contributed by atoms with Crippen LogP contribution in [-0.4, -0.2) is 21.4 Å². The van der Waals surface area contributed by atoms with Crippen LogP contribution in [0.2, 0.25) is 0 Å². The normalized spacial score (nSPS) is 15.7. The third-order valence-electron chi connectivity index (χ3n) is 5.24. The quantitative estimate of drug-likeness (QED) is 0.617. The smallest absolute Gasteiger partial charge is 0.265 e. The van der Waals surface area contributed by atoms with Crippen LogP contribution in [0.4, 0.5) is 14.5 Å². The minimum atomic E-state index is -4.36. The van der Waals surface area contributed by atoms with Crippen LogP contribution in [0, 0.1) is 23.0 Å². The summed E-state index contributed by atoms with van der Waals surface area (Å²) in [5, 5.41) is 14.5. The van der Waals surface area contributed by atoms with E-state index in [1.54, 1.807) is 13.0 Å². The summed E-state index contributed by atoms with van der Waals surface area (Å²) in [4.78, 5) is -0.539. The predicted molar refractivity (Wildman–Crippen MR) is 111 cm³/mol. The van der Waals surface area contributed by atoms with E-state index >= 15 is 0 Å². The Hall–Kier alpha value is -3.27. The number of nitrogens with zero attached hydrogens (tertiary/aromatic N) is 3. The summed E-state index contributed by atoms with van der Waals surface area (Å²) >= 11 is 0. The van der Waals surface area contributed by atoms with Crippen molar-refractivity contribution < 1.29 is 25.6 Å². The van der Waals surface area contributed by atoms with Gasteiger partial charge in [0.1, 0.15) is 11.8 Å². The molecule has 0 spiro atoms. The average Bonchev–Trinajstić information content (AvgIpc) is 3.17. The van der Waals surface area contributed by atoms with Crippen LogP contribution < -0.4 is 9.44 Å². The maximum atomic E-state index is 14.2. The second-order valence-electron chi connectivity index (χ2n) is 7.09. The molecule has 0 bridgehead atoms. The zero-order valence-electron chi connectivity index (χ0n) is 16.5. The lowest BCUT2D eigenvalue weighted by atomic mass is 10.1. The highest BCUT2D eigenvalue weighted by Crippen LogP contribution is 2.45. The summed E-state index contributed by atoms with van der Waals surface area (Å²) in [5.41, 5.74) is 0.397. The molecule has 166 valence electrons. The molecular formula is C20H16F2N4O4S2. The van der Waals surface area contributed by atoms with Crippen molar-refractivity contribution in [1.29, 1.82) is 5.26 Å². The van der Waals surface area contributed by atoms with Crippen molar-refractivity contribution in [2.75, 3.05) is 4.31 Å². The fourth-order valence-electron chi connectivity index (χ4n) is 3.82. The van der Waals surface area contributed by atoms with E-state index in [-0.39, 0.29) is 33.3 Å². The molecule has 0 amide bonds. The maximum Gasteiger partial charge on any atom is 0.265 e. The third kappa shape index (κ3) is 3.26. The van der Waals surface area contributed by atoms with Gasteiger partial charge < -0.3 is 4.57 Å². The second kappa shape index (κ2) is 7.40. The van der Waals surface area contributed by atoms with E-state index in [0.717, 1.165) is 40.7 Å². The molecule has 3 aromatic rings. The average molecular weight is 479 g/mol. The lowest BCUT2D eigenvalue weighted by Crippen LogP contribution is -2.39. The Morgan fingerprint density at radius 1 is 0.969 bits per heavy atom. The Kier molecular flexibility index (Phi) is 5.08. The summed E-state index contributed by atoms with van der Waals surface area (Å²) in [6.07, 6.45) is 0.252. The first-order valence-electron chi connectivity index (χ1n) is 9.29. The molecule has 0 saturated heterocycles. The number of rotatable bonds is 4. The molecule has 0 unspecified atom stereocenters. The van der Waals surface area contributed by atoms with Gasteiger partial charge in [0.15, 0.2) is 11.6 Å². The molecule has 1 atom stereocenters. The van der Waals surface area contributed by atoms with Gasteiger partial charge in [-0.05, 0) is 42.8 Å². The van der Waals surface area contributed by atoms with Crippen molar-refractivity contribution in [1.82, 2.24) is 4.57 Å². The summed E-state index contributed by atoms with van der Waals surface area (Å²) in [5.74, 6) is -2.45. The molecular weight excluding hydrogens is 462 g/mol. The maximum absolute atomic E-state index is 14.2. The van der Waals surface area contributed by atoms with Crippen LogP contribution in [-0.2, 0) is 20.0 Å². The second-order valence-corrected chi connectivity index (χ2v) is 10.5. The van der Waals surface area contributed by atoms with Crippen LogP contribution in [0.15, 0.2) is 58.3 Å². The molecule has 0 aliphatic carbocycles. The highest BCUT2D eigenvalue weighted by atomic mass is 32.2. The van der Waals surface area contributed by atoms with E-state index < -0.39 is 37.7 Å². The Bertz CT molecular complexity index is 1490. The molecule has 2 aromatic carbocycles. The standard InChI is InChI=1S/C20H16F2N4O4S2/c1-2-17-18-8-3-12(11-23)25(18)19-9-15(21)16(22)10-20(19)26(17)32(29,30)14-6-4-13(5-7-14)31(24,27)28/h3-10,17H,2H2,1H3,(H2,24,27,28)/t17-/m0/s1. The number of hydrogen-bond donors (Lipinski definition) is 1. The molecule has 1 aliphatic heterocycles. The lowest BCUT2D eigenvalue weighted by molar-refractivity contribution is 0.504. The first kappa shape index (κ1) is 21.9. The van der Waals surface area contributed by atoms with E-state index in [1.807, 2.05) is 6.07 Å². The van der Waals surface area contributed by atoms with Crippen molar-refractivity contribution in [3.63, 3.8) is 0 Å². The van der Waals surface area contributed by atoms with Gasteiger partial charge in [-0.2, -0.15) is 5.26 Å². The molecule has 8 nitrogen and oxygen atoms in total. The Morgan fingerprint density at radius 2 is 1.53 bits per heavy atom. The zero-order chi connectivity index (χ0) is 23.4. The number of aromatic nitrogens is 1.